The Morgan fingerprint density at radius 1 is 1.20 bits per heavy atom. The van der Waals surface area contributed by atoms with Crippen molar-refractivity contribution in [3.05, 3.63) is 52.9 Å². The molecule has 0 aliphatic carbocycles. The number of nitrogens with one attached hydrogen (secondary N) is 1. The minimum atomic E-state index is -0.901. The number of piperidine rings is 1. The van der Waals surface area contributed by atoms with E-state index in [1.165, 1.54) is 26.6 Å². The van der Waals surface area contributed by atoms with Gasteiger partial charge >= 0.3 is 0 Å². The van der Waals surface area contributed by atoms with E-state index in [1.54, 1.807) is 12.3 Å². The number of pyridine rings is 1. The Bertz CT molecular complexity index is 1100. The molecule has 0 amide bonds. The number of halogens is 2. The van der Waals surface area contributed by atoms with Crippen LogP contribution < -0.4 is 20.9 Å². The van der Waals surface area contributed by atoms with Crippen LogP contribution in [0, 0.1) is 17.0 Å². The molecule has 0 unspecified atom stereocenters. The predicted octanol–water partition coefficient (Wildman–Crippen LogP) is 3.42. The number of ether oxygens (including phenoxy) is 2. The Kier molecular flexibility index (Phi) is 8.75. The third kappa shape index (κ3) is 5.94. The van der Waals surface area contributed by atoms with E-state index >= 15 is 0 Å². The molecule has 35 heavy (non-hydrogen) atoms. The highest BCUT2D eigenvalue weighted by Gasteiger charge is 2.23. The molecule has 5 N–H and O–H groups in total. The standard InChI is InChI=1S/C25H32F2N6O2/c1-4-33-7-5-17(6-8-33)31-14-16(12-28)15-9-18(25(30)32-13-15)20(29)10-19-23(26)21(34-2)11-22(35-3)24(19)27/h9,11-14,17,29H,4-8,10,28H2,1-3H3,(H2,30,32). The van der Waals surface area contributed by atoms with Crippen molar-refractivity contribution in [1.29, 1.82) is 5.41 Å². The van der Waals surface area contributed by atoms with Gasteiger partial charge < -0.3 is 31.3 Å². The summed E-state index contributed by atoms with van der Waals surface area (Å²) in [4.78, 5) is 11.2. The summed E-state index contributed by atoms with van der Waals surface area (Å²) >= 11 is 0. The van der Waals surface area contributed by atoms with Crippen molar-refractivity contribution in [2.75, 3.05) is 39.6 Å². The summed E-state index contributed by atoms with van der Waals surface area (Å²) < 4.78 is 39.6. The van der Waals surface area contributed by atoms with E-state index in [4.69, 9.17) is 26.4 Å². The first kappa shape index (κ1) is 26.1. The zero-order chi connectivity index (χ0) is 25.5. The van der Waals surface area contributed by atoms with Gasteiger partial charge in [0.2, 0.25) is 0 Å². The van der Waals surface area contributed by atoms with Crippen molar-refractivity contribution in [2.45, 2.75) is 32.2 Å². The highest BCUT2D eigenvalue weighted by molar-refractivity contribution is 6.11. The lowest BCUT2D eigenvalue weighted by molar-refractivity contribution is 0.224. The minimum absolute atomic E-state index is 0.0645. The van der Waals surface area contributed by atoms with Gasteiger partial charge in [0.1, 0.15) is 5.82 Å². The maximum Gasteiger partial charge on any atom is 0.171 e. The largest absolute Gasteiger partial charge is 0.494 e. The number of rotatable bonds is 9. The van der Waals surface area contributed by atoms with Crippen LogP contribution in [0.1, 0.15) is 36.5 Å². The molecule has 1 aromatic carbocycles. The molecular weight excluding hydrogens is 454 g/mol. The summed E-state index contributed by atoms with van der Waals surface area (Å²) in [6.45, 7) is 5.20. The zero-order valence-electron chi connectivity index (χ0n) is 20.3. The molecular formula is C25H32F2N6O2. The highest BCUT2D eigenvalue weighted by atomic mass is 19.1. The van der Waals surface area contributed by atoms with Crippen LogP contribution in [-0.2, 0) is 6.42 Å². The summed E-state index contributed by atoms with van der Waals surface area (Å²) in [5, 5.41) is 8.53. The molecule has 188 valence electrons. The van der Waals surface area contributed by atoms with E-state index in [0.29, 0.717) is 11.1 Å². The van der Waals surface area contributed by atoms with E-state index < -0.39 is 11.6 Å². The first-order chi connectivity index (χ1) is 16.8. The fourth-order valence-electron chi connectivity index (χ4n) is 4.02. The third-order valence-electron chi connectivity index (χ3n) is 6.20. The lowest BCUT2D eigenvalue weighted by Gasteiger charge is -2.28. The molecule has 0 atom stereocenters. The van der Waals surface area contributed by atoms with Crippen LogP contribution in [0.5, 0.6) is 11.5 Å². The summed E-state index contributed by atoms with van der Waals surface area (Å²) in [5.74, 6) is -2.10. The molecule has 2 aromatic rings. The van der Waals surface area contributed by atoms with Gasteiger partial charge in [-0.2, -0.15) is 0 Å². The topological polar surface area (TPSA) is 123 Å². The second-order valence-electron chi connectivity index (χ2n) is 8.27. The first-order valence-electron chi connectivity index (χ1n) is 11.4. The smallest absolute Gasteiger partial charge is 0.171 e. The number of methoxy groups -OCH3 is 2. The lowest BCUT2D eigenvalue weighted by atomic mass is 9.98. The maximum absolute atomic E-state index is 14.8. The van der Waals surface area contributed by atoms with Crippen molar-refractivity contribution in [3.63, 3.8) is 0 Å². The van der Waals surface area contributed by atoms with E-state index in [-0.39, 0.29) is 46.6 Å². The predicted molar refractivity (Wildman–Crippen MR) is 134 cm³/mol. The average Bonchev–Trinajstić information content (AvgIpc) is 2.88. The van der Waals surface area contributed by atoms with Crippen molar-refractivity contribution >= 4 is 23.3 Å². The second kappa shape index (κ2) is 11.7. The zero-order valence-corrected chi connectivity index (χ0v) is 20.3. The molecule has 0 radical (unpaired) electrons. The lowest BCUT2D eigenvalue weighted by Crippen LogP contribution is -2.35. The van der Waals surface area contributed by atoms with Gasteiger partial charge in [-0.05, 0) is 25.5 Å². The summed E-state index contributed by atoms with van der Waals surface area (Å²) in [5.41, 5.74) is 12.8. The quantitative estimate of drug-likeness (QED) is 0.467. The molecule has 1 aromatic heterocycles. The number of likely N-dealkylation sites (tertiary alicyclic amines) is 1. The number of aromatic nitrogens is 1. The van der Waals surface area contributed by atoms with Crippen LogP contribution in [0.3, 0.4) is 0 Å². The monoisotopic (exact) mass is 486 g/mol. The van der Waals surface area contributed by atoms with Crippen LogP contribution in [-0.4, -0.2) is 61.7 Å². The van der Waals surface area contributed by atoms with Crippen molar-refractivity contribution in [2.24, 2.45) is 10.7 Å². The van der Waals surface area contributed by atoms with Crippen molar-refractivity contribution in [3.8, 4) is 11.5 Å². The molecule has 0 bridgehead atoms. The maximum atomic E-state index is 14.8. The van der Waals surface area contributed by atoms with Crippen LogP contribution in [0.15, 0.2) is 29.5 Å². The van der Waals surface area contributed by atoms with E-state index in [0.717, 1.165) is 38.5 Å². The highest BCUT2D eigenvalue weighted by Crippen LogP contribution is 2.32. The Balaban J connectivity index is 1.84. The number of nitrogens with two attached hydrogens (primary N) is 2. The number of nitrogen functional groups attached to an aromatic ring is 1. The number of benzene rings is 1. The number of allylic oxidation sites excluding steroid dienone is 1. The minimum Gasteiger partial charge on any atom is -0.494 e. The Morgan fingerprint density at radius 2 is 1.83 bits per heavy atom. The SMILES string of the molecule is CCN1CCC(N=CC(=CN)c2cnc(N)c(C(=N)Cc3c(F)c(OC)cc(OC)c3F)c2)CC1. The van der Waals surface area contributed by atoms with Gasteiger partial charge in [-0.3, -0.25) is 4.99 Å². The fourth-order valence-corrected chi connectivity index (χ4v) is 4.02. The molecule has 1 saturated heterocycles. The van der Waals surface area contributed by atoms with Gasteiger partial charge in [0.05, 0.1) is 20.3 Å². The molecule has 0 saturated carbocycles. The van der Waals surface area contributed by atoms with Gasteiger partial charge in [-0.25, -0.2) is 13.8 Å². The van der Waals surface area contributed by atoms with Gasteiger partial charge in [0.25, 0.3) is 0 Å². The molecule has 2 heterocycles. The van der Waals surface area contributed by atoms with Gasteiger partial charge in [-0.1, -0.05) is 6.92 Å². The normalized spacial score (nSPS) is 15.5. The Labute approximate surface area is 204 Å². The van der Waals surface area contributed by atoms with Crippen molar-refractivity contribution < 1.29 is 18.3 Å². The molecule has 10 heteroatoms. The first-order valence-corrected chi connectivity index (χ1v) is 11.4. The van der Waals surface area contributed by atoms with Gasteiger partial charge in [0.15, 0.2) is 23.1 Å². The fraction of sp³-hybridized carbons (Fsp3) is 0.400. The third-order valence-corrected chi connectivity index (χ3v) is 6.20. The van der Waals surface area contributed by atoms with E-state index in [1.807, 2.05) is 0 Å². The van der Waals surface area contributed by atoms with Crippen molar-refractivity contribution in [1.82, 2.24) is 9.88 Å². The van der Waals surface area contributed by atoms with E-state index in [2.05, 4.69) is 21.8 Å². The Morgan fingerprint density at radius 3 is 2.37 bits per heavy atom. The molecule has 8 nitrogen and oxygen atoms in total. The second-order valence-corrected chi connectivity index (χ2v) is 8.27. The van der Waals surface area contributed by atoms with Crippen LogP contribution in [0.2, 0.25) is 0 Å². The van der Waals surface area contributed by atoms with Crippen LogP contribution >= 0.6 is 0 Å². The number of nitrogens with zero attached hydrogens (tertiary/aromatic N) is 3. The van der Waals surface area contributed by atoms with E-state index in [9.17, 15) is 8.78 Å². The number of hydrogen-bond acceptors (Lipinski definition) is 8. The molecule has 1 aliphatic heterocycles. The summed E-state index contributed by atoms with van der Waals surface area (Å²) in [6, 6.07) is 2.96. The van der Waals surface area contributed by atoms with Gasteiger partial charge in [-0.15, -0.1) is 0 Å². The number of aliphatic imine (C=N–C) groups is 1. The molecule has 3 rings (SSSR count). The van der Waals surface area contributed by atoms with Crippen LogP contribution in [0.4, 0.5) is 14.6 Å². The van der Waals surface area contributed by atoms with Gasteiger partial charge in [0, 0.05) is 72.2 Å². The summed E-state index contributed by atoms with van der Waals surface area (Å²) in [7, 11) is 2.54. The number of anilines is 1. The molecule has 1 fully saturated rings. The summed E-state index contributed by atoms with van der Waals surface area (Å²) in [6.07, 6.45) is 6.22. The number of hydrogen-bond donors (Lipinski definition) is 3. The average molecular weight is 487 g/mol. The molecule has 1 aliphatic rings. The van der Waals surface area contributed by atoms with Crippen LogP contribution in [0.25, 0.3) is 5.57 Å². The Hall–Kier alpha value is -3.53. The molecule has 0 spiro atoms.